The fourth-order valence-electron chi connectivity index (χ4n) is 3.80. The molecule has 1 aromatic rings. The van der Waals surface area contributed by atoms with Crippen molar-refractivity contribution in [1.82, 2.24) is 0 Å². The number of epoxide rings is 1. The Bertz CT molecular complexity index is 677. The Balaban J connectivity index is 1.62. The van der Waals surface area contributed by atoms with Crippen LogP contribution in [0.1, 0.15) is 30.6 Å². The van der Waals surface area contributed by atoms with Crippen LogP contribution in [0.25, 0.3) is 0 Å². The highest BCUT2D eigenvalue weighted by atomic mass is 16.7. The summed E-state index contributed by atoms with van der Waals surface area (Å²) in [6.45, 7) is 6.43. The van der Waals surface area contributed by atoms with Crippen LogP contribution >= 0.6 is 0 Å². The minimum atomic E-state index is -0.253. The van der Waals surface area contributed by atoms with Gasteiger partial charge in [-0.2, -0.15) is 0 Å². The number of benzene rings is 1. The van der Waals surface area contributed by atoms with E-state index < -0.39 is 0 Å². The van der Waals surface area contributed by atoms with Gasteiger partial charge in [-0.05, 0) is 30.2 Å². The molecule has 23 heavy (non-hydrogen) atoms. The molecule has 0 amide bonds. The lowest BCUT2D eigenvalue weighted by Crippen LogP contribution is -2.26. The molecule has 3 heteroatoms. The molecule has 0 radical (unpaired) electrons. The zero-order valence-electron chi connectivity index (χ0n) is 13.4. The van der Waals surface area contributed by atoms with Crippen molar-refractivity contribution in [2.24, 2.45) is 0 Å². The molecule has 4 unspecified atom stereocenters. The number of fused-ring (bicyclic) bond motifs is 1. The second kappa shape index (κ2) is 5.45. The van der Waals surface area contributed by atoms with Crippen LogP contribution in [-0.4, -0.2) is 24.1 Å². The maximum atomic E-state index is 6.22. The zero-order chi connectivity index (χ0) is 15.9. The summed E-state index contributed by atoms with van der Waals surface area (Å²) in [7, 11) is 0. The Kier molecular flexibility index (Phi) is 3.52. The smallest absolute Gasteiger partial charge is 0.155 e. The summed E-state index contributed by atoms with van der Waals surface area (Å²) in [5.74, 6) is 0. The first-order valence-electron chi connectivity index (χ1n) is 8.21. The van der Waals surface area contributed by atoms with Gasteiger partial charge in [-0.15, -0.1) is 6.58 Å². The van der Waals surface area contributed by atoms with E-state index in [2.05, 4.69) is 55.1 Å². The third-order valence-corrected chi connectivity index (χ3v) is 5.02. The molecule has 2 fully saturated rings. The van der Waals surface area contributed by atoms with E-state index in [1.807, 2.05) is 13.0 Å². The molecule has 0 bridgehead atoms. The first-order chi connectivity index (χ1) is 11.2. The summed E-state index contributed by atoms with van der Waals surface area (Å²) >= 11 is 0. The molecular weight excluding hydrogens is 288 g/mol. The molecule has 0 N–H and O–H groups in total. The van der Waals surface area contributed by atoms with Gasteiger partial charge in [-0.1, -0.05) is 42.5 Å². The number of hydrogen-bond donors (Lipinski definition) is 0. The summed E-state index contributed by atoms with van der Waals surface area (Å²) in [5, 5.41) is 0. The molecule has 0 aromatic heterocycles. The van der Waals surface area contributed by atoms with Crippen LogP contribution in [0.4, 0.5) is 0 Å². The minimum Gasteiger partial charge on any atom is -0.353 e. The predicted molar refractivity (Wildman–Crippen MR) is 89.0 cm³/mol. The summed E-state index contributed by atoms with van der Waals surface area (Å²) < 4.78 is 17.7. The Labute approximate surface area is 137 Å². The molecule has 0 saturated carbocycles. The van der Waals surface area contributed by atoms with Gasteiger partial charge < -0.3 is 14.2 Å². The lowest BCUT2D eigenvalue weighted by molar-refractivity contribution is -0.0427. The third kappa shape index (κ3) is 2.40. The van der Waals surface area contributed by atoms with Crippen LogP contribution in [0.3, 0.4) is 0 Å². The summed E-state index contributed by atoms with van der Waals surface area (Å²) in [5.41, 5.74) is 1.99. The topological polar surface area (TPSA) is 31.0 Å². The Hall–Kier alpha value is -1.68. The van der Waals surface area contributed by atoms with Gasteiger partial charge in [0.05, 0.1) is 6.61 Å². The van der Waals surface area contributed by atoms with Gasteiger partial charge in [0.15, 0.2) is 6.29 Å². The van der Waals surface area contributed by atoms with Crippen molar-refractivity contribution < 1.29 is 14.2 Å². The average molecular weight is 310 g/mol. The first-order valence-corrected chi connectivity index (χ1v) is 8.21. The zero-order valence-corrected chi connectivity index (χ0v) is 13.4. The van der Waals surface area contributed by atoms with Crippen LogP contribution < -0.4 is 0 Å². The van der Waals surface area contributed by atoms with Crippen LogP contribution in [0.2, 0.25) is 0 Å². The van der Waals surface area contributed by atoms with E-state index in [0.29, 0.717) is 6.61 Å². The van der Waals surface area contributed by atoms with E-state index in [4.69, 9.17) is 14.2 Å². The van der Waals surface area contributed by atoms with E-state index >= 15 is 0 Å². The molecule has 3 nitrogen and oxygen atoms in total. The third-order valence-electron chi connectivity index (χ3n) is 5.02. The van der Waals surface area contributed by atoms with E-state index in [1.54, 1.807) is 0 Å². The normalized spacial score (nSPS) is 37.6. The van der Waals surface area contributed by atoms with E-state index in [-0.39, 0.29) is 23.6 Å². The standard InChI is InChI=1S/C20H22O3/c1-3-10-19-11-6-7-12-20(19,23-19)13-16-8-4-5-9-17(16)18-14-21-15(2)22-18/h3-9,11-12,15,18H,1,10,13-14H2,2H3. The molecule has 3 aliphatic rings. The average Bonchev–Trinajstić information content (AvgIpc) is 2.99. The van der Waals surface area contributed by atoms with Crippen LogP contribution in [0.15, 0.2) is 61.2 Å². The molecular formula is C20H22O3. The molecule has 4 rings (SSSR count). The van der Waals surface area contributed by atoms with Gasteiger partial charge >= 0.3 is 0 Å². The molecule has 1 aliphatic carbocycles. The van der Waals surface area contributed by atoms with Gasteiger partial charge in [0, 0.05) is 12.8 Å². The van der Waals surface area contributed by atoms with Crippen molar-refractivity contribution in [2.75, 3.05) is 6.61 Å². The summed E-state index contributed by atoms with van der Waals surface area (Å²) in [4.78, 5) is 0. The molecule has 2 heterocycles. The second-order valence-electron chi connectivity index (χ2n) is 6.49. The molecule has 120 valence electrons. The van der Waals surface area contributed by atoms with E-state index in [9.17, 15) is 0 Å². The highest BCUT2D eigenvalue weighted by Crippen LogP contribution is 2.56. The monoisotopic (exact) mass is 310 g/mol. The number of allylic oxidation sites excluding steroid dienone is 2. The van der Waals surface area contributed by atoms with Crippen molar-refractivity contribution in [3.8, 4) is 0 Å². The van der Waals surface area contributed by atoms with Crippen molar-refractivity contribution in [2.45, 2.75) is 43.4 Å². The van der Waals surface area contributed by atoms with E-state index in [1.165, 1.54) is 11.1 Å². The predicted octanol–water partition coefficient (Wildman–Crippen LogP) is 3.87. The van der Waals surface area contributed by atoms with Crippen molar-refractivity contribution >= 4 is 0 Å². The highest BCUT2D eigenvalue weighted by molar-refractivity contribution is 5.44. The summed E-state index contributed by atoms with van der Waals surface area (Å²) in [6.07, 6.45) is 12.0. The quantitative estimate of drug-likeness (QED) is 0.611. The van der Waals surface area contributed by atoms with Crippen LogP contribution in [0, 0.1) is 0 Å². The lowest BCUT2D eigenvalue weighted by atomic mass is 9.80. The molecule has 0 spiro atoms. The van der Waals surface area contributed by atoms with Crippen LogP contribution in [-0.2, 0) is 20.6 Å². The minimum absolute atomic E-state index is 0.00765. The highest BCUT2D eigenvalue weighted by Gasteiger charge is 2.66. The SMILES string of the molecule is C=CCC12C=CC=CC1(Cc1ccccc1C1COC(C)O1)O2. The lowest BCUT2D eigenvalue weighted by Gasteiger charge is -2.19. The van der Waals surface area contributed by atoms with Gasteiger partial charge in [-0.25, -0.2) is 0 Å². The van der Waals surface area contributed by atoms with Crippen LogP contribution in [0.5, 0.6) is 0 Å². The summed E-state index contributed by atoms with van der Waals surface area (Å²) in [6, 6.07) is 8.44. The first kappa shape index (κ1) is 14.9. The number of ether oxygens (including phenoxy) is 3. The number of rotatable bonds is 5. The molecule has 2 aliphatic heterocycles. The Morgan fingerprint density at radius 3 is 2.74 bits per heavy atom. The van der Waals surface area contributed by atoms with Crippen molar-refractivity contribution in [3.05, 3.63) is 72.4 Å². The van der Waals surface area contributed by atoms with Gasteiger partial charge in [0.1, 0.15) is 17.3 Å². The van der Waals surface area contributed by atoms with Crippen molar-refractivity contribution in [1.29, 1.82) is 0 Å². The van der Waals surface area contributed by atoms with E-state index in [0.717, 1.165) is 12.8 Å². The van der Waals surface area contributed by atoms with Gasteiger partial charge in [0.2, 0.25) is 0 Å². The Morgan fingerprint density at radius 2 is 2.00 bits per heavy atom. The fourth-order valence-corrected chi connectivity index (χ4v) is 3.80. The molecule has 1 aromatic carbocycles. The second-order valence-corrected chi connectivity index (χ2v) is 6.49. The largest absolute Gasteiger partial charge is 0.353 e. The van der Waals surface area contributed by atoms with Gasteiger partial charge in [0.25, 0.3) is 0 Å². The fraction of sp³-hybridized carbons (Fsp3) is 0.400. The Morgan fingerprint density at radius 1 is 1.22 bits per heavy atom. The molecule has 2 saturated heterocycles. The maximum absolute atomic E-state index is 6.22. The van der Waals surface area contributed by atoms with Crippen molar-refractivity contribution in [3.63, 3.8) is 0 Å². The molecule has 4 atom stereocenters. The maximum Gasteiger partial charge on any atom is 0.155 e. The van der Waals surface area contributed by atoms with Gasteiger partial charge in [-0.3, -0.25) is 0 Å². The number of hydrogen-bond acceptors (Lipinski definition) is 3.